The lowest BCUT2D eigenvalue weighted by atomic mass is 9.87. The van der Waals surface area contributed by atoms with Gasteiger partial charge in [0.25, 0.3) is 0 Å². The standard InChI is InChI=1S/C13H19N3O4/c1-8-5-11(15-20-8)14-12(17)3-4-16-6-10(7-16)9(2)13(18)19/h5,9-10H,3-4,6-7H2,1-2H3,(H,18,19)(H,14,15,17). The predicted octanol–water partition coefficient (Wildman–Crippen LogP) is 0.964. The molecule has 0 bridgehead atoms. The number of anilines is 1. The van der Waals surface area contributed by atoms with Crippen LogP contribution >= 0.6 is 0 Å². The normalized spacial score (nSPS) is 17.5. The molecular weight excluding hydrogens is 262 g/mol. The average Bonchev–Trinajstić information content (AvgIpc) is 2.72. The fraction of sp³-hybridized carbons (Fsp3) is 0.615. The summed E-state index contributed by atoms with van der Waals surface area (Å²) < 4.78 is 4.86. The third-order valence-electron chi connectivity index (χ3n) is 3.63. The van der Waals surface area contributed by atoms with Crippen LogP contribution in [-0.4, -0.2) is 46.7 Å². The van der Waals surface area contributed by atoms with E-state index in [4.69, 9.17) is 9.63 Å². The number of carbonyl (C=O) groups is 2. The van der Waals surface area contributed by atoms with E-state index in [0.29, 0.717) is 24.5 Å². The van der Waals surface area contributed by atoms with E-state index in [1.807, 2.05) is 0 Å². The van der Waals surface area contributed by atoms with Crippen molar-refractivity contribution >= 4 is 17.7 Å². The van der Waals surface area contributed by atoms with Crippen molar-refractivity contribution in [3.05, 3.63) is 11.8 Å². The van der Waals surface area contributed by atoms with Gasteiger partial charge in [-0.05, 0) is 12.8 Å². The van der Waals surface area contributed by atoms with E-state index in [1.165, 1.54) is 0 Å². The van der Waals surface area contributed by atoms with Crippen LogP contribution in [0.15, 0.2) is 10.6 Å². The van der Waals surface area contributed by atoms with Gasteiger partial charge < -0.3 is 19.8 Å². The molecular formula is C13H19N3O4. The maximum absolute atomic E-state index is 11.7. The molecule has 1 amide bonds. The van der Waals surface area contributed by atoms with Crippen molar-refractivity contribution in [3.8, 4) is 0 Å². The molecule has 20 heavy (non-hydrogen) atoms. The van der Waals surface area contributed by atoms with Gasteiger partial charge in [-0.2, -0.15) is 0 Å². The van der Waals surface area contributed by atoms with Crippen LogP contribution in [0.3, 0.4) is 0 Å². The monoisotopic (exact) mass is 281 g/mol. The molecule has 2 N–H and O–H groups in total. The summed E-state index contributed by atoms with van der Waals surface area (Å²) in [4.78, 5) is 24.6. The smallest absolute Gasteiger partial charge is 0.306 e. The molecule has 1 saturated heterocycles. The molecule has 0 saturated carbocycles. The van der Waals surface area contributed by atoms with Gasteiger partial charge in [0.2, 0.25) is 5.91 Å². The van der Waals surface area contributed by atoms with E-state index in [1.54, 1.807) is 19.9 Å². The molecule has 7 nitrogen and oxygen atoms in total. The fourth-order valence-electron chi connectivity index (χ4n) is 2.20. The average molecular weight is 281 g/mol. The van der Waals surface area contributed by atoms with Crippen molar-refractivity contribution < 1.29 is 19.2 Å². The Labute approximate surface area is 116 Å². The largest absolute Gasteiger partial charge is 0.481 e. The van der Waals surface area contributed by atoms with E-state index in [-0.39, 0.29) is 17.7 Å². The highest BCUT2D eigenvalue weighted by Crippen LogP contribution is 2.23. The van der Waals surface area contributed by atoms with Crippen LogP contribution in [0.4, 0.5) is 5.82 Å². The summed E-state index contributed by atoms with van der Waals surface area (Å²) >= 11 is 0. The molecule has 1 aromatic rings. The molecule has 0 aromatic carbocycles. The second-order valence-corrected chi connectivity index (χ2v) is 5.27. The van der Waals surface area contributed by atoms with Crippen LogP contribution in [0.5, 0.6) is 0 Å². The Bertz CT molecular complexity index is 494. The van der Waals surface area contributed by atoms with Crippen molar-refractivity contribution in [2.45, 2.75) is 20.3 Å². The number of amides is 1. The molecule has 2 rings (SSSR count). The molecule has 1 fully saturated rings. The summed E-state index contributed by atoms with van der Waals surface area (Å²) in [5, 5.41) is 15.2. The highest BCUT2D eigenvalue weighted by Gasteiger charge is 2.34. The van der Waals surface area contributed by atoms with E-state index in [0.717, 1.165) is 13.1 Å². The van der Waals surface area contributed by atoms with Gasteiger partial charge in [0, 0.05) is 32.1 Å². The number of nitrogens with zero attached hydrogens (tertiary/aromatic N) is 2. The van der Waals surface area contributed by atoms with Gasteiger partial charge >= 0.3 is 5.97 Å². The van der Waals surface area contributed by atoms with Gasteiger partial charge in [-0.1, -0.05) is 12.1 Å². The minimum Gasteiger partial charge on any atom is -0.481 e. The van der Waals surface area contributed by atoms with E-state index in [9.17, 15) is 9.59 Å². The number of aliphatic carboxylic acids is 1. The van der Waals surface area contributed by atoms with Crippen LogP contribution < -0.4 is 5.32 Å². The number of likely N-dealkylation sites (tertiary alicyclic amines) is 1. The van der Waals surface area contributed by atoms with E-state index in [2.05, 4.69) is 15.4 Å². The van der Waals surface area contributed by atoms with Crippen molar-refractivity contribution in [1.29, 1.82) is 0 Å². The molecule has 110 valence electrons. The van der Waals surface area contributed by atoms with Gasteiger partial charge in [0.05, 0.1) is 5.92 Å². The first-order valence-electron chi connectivity index (χ1n) is 6.64. The number of carboxylic acid groups (broad SMARTS) is 1. The lowest BCUT2D eigenvalue weighted by molar-refractivity contribution is -0.145. The molecule has 1 unspecified atom stereocenters. The zero-order chi connectivity index (χ0) is 14.7. The summed E-state index contributed by atoms with van der Waals surface area (Å²) in [6.07, 6.45) is 0.361. The van der Waals surface area contributed by atoms with Crippen molar-refractivity contribution in [3.63, 3.8) is 0 Å². The summed E-state index contributed by atoms with van der Waals surface area (Å²) in [7, 11) is 0. The molecule has 0 radical (unpaired) electrons. The number of rotatable bonds is 6. The SMILES string of the molecule is Cc1cc(NC(=O)CCN2CC(C(C)C(=O)O)C2)no1. The fourth-order valence-corrected chi connectivity index (χ4v) is 2.20. The highest BCUT2D eigenvalue weighted by molar-refractivity contribution is 5.89. The number of aromatic nitrogens is 1. The molecule has 0 spiro atoms. The lowest BCUT2D eigenvalue weighted by Gasteiger charge is -2.41. The first-order valence-corrected chi connectivity index (χ1v) is 6.64. The molecule has 0 aliphatic carbocycles. The number of hydrogen-bond donors (Lipinski definition) is 2. The minimum absolute atomic E-state index is 0.118. The summed E-state index contributed by atoms with van der Waals surface area (Å²) in [6, 6.07) is 1.66. The molecule has 7 heteroatoms. The van der Waals surface area contributed by atoms with Gasteiger partial charge in [0.15, 0.2) is 5.82 Å². The third-order valence-corrected chi connectivity index (χ3v) is 3.63. The Hall–Kier alpha value is -1.89. The van der Waals surface area contributed by atoms with Gasteiger partial charge in [0.1, 0.15) is 5.76 Å². The molecule has 2 heterocycles. The highest BCUT2D eigenvalue weighted by atomic mass is 16.5. The van der Waals surface area contributed by atoms with E-state index < -0.39 is 5.97 Å². The molecule has 1 atom stereocenters. The topological polar surface area (TPSA) is 95.7 Å². The summed E-state index contributed by atoms with van der Waals surface area (Å²) in [5.41, 5.74) is 0. The van der Waals surface area contributed by atoms with Crippen LogP contribution in [0.2, 0.25) is 0 Å². The van der Waals surface area contributed by atoms with Crippen molar-refractivity contribution in [2.75, 3.05) is 25.0 Å². The van der Waals surface area contributed by atoms with Crippen LogP contribution in [0.1, 0.15) is 19.1 Å². The molecule has 1 aliphatic rings. The number of aryl methyl sites for hydroxylation is 1. The quantitative estimate of drug-likeness (QED) is 0.806. The predicted molar refractivity (Wildman–Crippen MR) is 71.2 cm³/mol. The van der Waals surface area contributed by atoms with Crippen molar-refractivity contribution in [2.24, 2.45) is 11.8 Å². The maximum atomic E-state index is 11.7. The maximum Gasteiger partial charge on any atom is 0.306 e. The summed E-state index contributed by atoms with van der Waals surface area (Å²) in [5.74, 6) is 0.0655. The number of nitrogens with one attached hydrogen (secondary N) is 1. The van der Waals surface area contributed by atoms with Crippen LogP contribution in [0, 0.1) is 18.8 Å². The van der Waals surface area contributed by atoms with Gasteiger partial charge in [-0.3, -0.25) is 9.59 Å². The first kappa shape index (κ1) is 14.5. The second-order valence-electron chi connectivity index (χ2n) is 5.27. The Morgan fingerprint density at radius 2 is 2.30 bits per heavy atom. The third kappa shape index (κ3) is 3.57. The Kier molecular flexibility index (Phi) is 4.39. The zero-order valence-electron chi connectivity index (χ0n) is 11.6. The minimum atomic E-state index is -0.756. The Morgan fingerprint density at radius 3 is 2.85 bits per heavy atom. The second kappa shape index (κ2) is 6.04. The number of hydrogen-bond acceptors (Lipinski definition) is 5. The van der Waals surface area contributed by atoms with Gasteiger partial charge in [-0.15, -0.1) is 0 Å². The van der Waals surface area contributed by atoms with Crippen molar-refractivity contribution in [1.82, 2.24) is 10.1 Å². The van der Waals surface area contributed by atoms with Crippen LogP contribution in [0.25, 0.3) is 0 Å². The van der Waals surface area contributed by atoms with Gasteiger partial charge in [-0.25, -0.2) is 0 Å². The molecule has 1 aliphatic heterocycles. The number of carboxylic acids is 1. The summed E-state index contributed by atoms with van der Waals surface area (Å²) in [6.45, 7) is 5.59. The Balaban J connectivity index is 1.65. The first-order chi connectivity index (χ1) is 9.45. The number of carbonyl (C=O) groups excluding carboxylic acids is 1. The van der Waals surface area contributed by atoms with E-state index >= 15 is 0 Å². The molecule has 1 aromatic heterocycles. The zero-order valence-corrected chi connectivity index (χ0v) is 11.6. The van der Waals surface area contributed by atoms with Crippen LogP contribution in [-0.2, 0) is 9.59 Å². The Morgan fingerprint density at radius 1 is 1.60 bits per heavy atom. The lowest BCUT2D eigenvalue weighted by Crippen LogP contribution is -2.51.